The van der Waals surface area contributed by atoms with Gasteiger partial charge < -0.3 is 19.4 Å². The molecule has 1 heterocycles. The average Bonchev–Trinajstić information content (AvgIpc) is 2.82. The van der Waals surface area contributed by atoms with Gasteiger partial charge in [0.05, 0.1) is 20.2 Å². The van der Waals surface area contributed by atoms with Gasteiger partial charge in [-0.05, 0) is 13.0 Å². The first kappa shape index (κ1) is 18.7. The lowest BCUT2D eigenvalue weighted by Crippen LogP contribution is -2.42. The Hall–Kier alpha value is -2.31. The highest BCUT2D eigenvalue weighted by Crippen LogP contribution is 2.17. The summed E-state index contributed by atoms with van der Waals surface area (Å²) in [5, 5.41) is 2.60. The molecule has 0 aliphatic heterocycles. The van der Waals surface area contributed by atoms with E-state index in [0.29, 0.717) is 17.1 Å². The van der Waals surface area contributed by atoms with Crippen molar-refractivity contribution in [2.24, 2.45) is 5.41 Å². The van der Waals surface area contributed by atoms with Crippen molar-refractivity contribution in [2.75, 3.05) is 20.7 Å². The van der Waals surface area contributed by atoms with Gasteiger partial charge in [-0.3, -0.25) is 9.59 Å². The predicted octanol–water partition coefficient (Wildman–Crippen LogP) is 1.50. The fourth-order valence-corrected chi connectivity index (χ4v) is 1.81. The monoisotopic (exact) mass is 324 g/mol. The second kappa shape index (κ2) is 7.30. The Morgan fingerprint density at radius 1 is 1.30 bits per heavy atom. The van der Waals surface area contributed by atoms with Gasteiger partial charge in [0.15, 0.2) is 0 Å². The standard InChI is InChI=1S/C16H24N2O5/c1-10-12(14(20)22-6)7-11(23-10)9-18(5)13(19)8-17-15(21)16(2,3)4/h7H,8-9H2,1-6H3,(H,17,21). The smallest absolute Gasteiger partial charge is 0.341 e. The van der Waals surface area contributed by atoms with Crippen LogP contribution in [-0.4, -0.2) is 43.4 Å². The molecule has 2 amide bonds. The number of nitrogens with one attached hydrogen (secondary N) is 1. The molecule has 0 saturated heterocycles. The topological polar surface area (TPSA) is 88.9 Å². The van der Waals surface area contributed by atoms with Crippen LogP contribution >= 0.6 is 0 Å². The van der Waals surface area contributed by atoms with E-state index in [2.05, 4.69) is 10.1 Å². The number of rotatable bonds is 5. The van der Waals surface area contributed by atoms with Crippen LogP contribution < -0.4 is 5.32 Å². The minimum Gasteiger partial charge on any atom is -0.465 e. The van der Waals surface area contributed by atoms with Crippen molar-refractivity contribution in [1.82, 2.24) is 10.2 Å². The number of nitrogens with zero attached hydrogens (tertiary/aromatic N) is 1. The molecule has 0 saturated carbocycles. The van der Waals surface area contributed by atoms with E-state index in [0.717, 1.165) is 0 Å². The lowest BCUT2D eigenvalue weighted by molar-refractivity contribution is -0.134. The third-order valence-corrected chi connectivity index (χ3v) is 3.27. The van der Waals surface area contributed by atoms with Crippen LogP contribution in [0, 0.1) is 12.3 Å². The predicted molar refractivity (Wildman–Crippen MR) is 83.7 cm³/mol. The van der Waals surface area contributed by atoms with Gasteiger partial charge in [-0.15, -0.1) is 0 Å². The Bertz CT molecular complexity index is 598. The van der Waals surface area contributed by atoms with E-state index in [1.807, 2.05) is 0 Å². The molecule has 1 aromatic heterocycles. The minimum atomic E-state index is -0.549. The molecular formula is C16H24N2O5. The number of methoxy groups -OCH3 is 1. The maximum absolute atomic E-state index is 12.0. The van der Waals surface area contributed by atoms with Crippen LogP contribution in [0.5, 0.6) is 0 Å². The molecule has 0 aromatic carbocycles. The first-order valence-electron chi connectivity index (χ1n) is 7.26. The summed E-state index contributed by atoms with van der Waals surface area (Å²) in [5.74, 6) is -0.0177. The van der Waals surface area contributed by atoms with Gasteiger partial charge in [0.1, 0.15) is 17.1 Å². The van der Waals surface area contributed by atoms with Crippen molar-refractivity contribution in [2.45, 2.75) is 34.2 Å². The molecule has 1 N–H and O–H groups in total. The van der Waals surface area contributed by atoms with Crippen molar-refractivity contribution in [3.8, 4) is 0 Å². The number of amides is 2. The van der Waals surface area contributed by atoms with Gasteiger partial charge in [0.2, 0.25) is 11.8 Å². The average molecular weight is 324 g/mol. The summed E-state index contributed by atoms with van der Waals surface area (Å²) in [7, 11) is 2.89. The molecule has 0 bridgehead atoms. The zero-order valence-electron chi connectivity index (χ0n) is 14.5. The summed E-state index contributed by atoms with van der Waals surface area (Å²) in [6.07, 6.45) is 0. The van der Waals surface area contributed by atoms with Crippen LogP contribution in [0.15, 0.2) is 10.5 Å². The van der Waals surface area contributed by atoms with Crippen molar-refractivity contribution < 1.29 is 23.5 Å². The van der Waals surface area contributed by atoms with Crippen LogP contribution in [0.25, 0.3) is 0 Å². The van der Waals surface area contributed by atoms with Crippen LogP contribution in [-0.2, 0) is 20.9 Å². The van der Waals surface area contributed by atoms with Gasteiger partial charge in [0.25, 0.3) is 0 Å². The Morgan fingerprint density at radius 2 is 1.91 bits per heavy atom. The molecule has 0 fully saturated rings. The first-order valence-corrected chi connectivity index (χ1v) is 7.26. The number of hydrogen-bond donors (Lipinski definition) is 1. The van der Waals surface area contributed by atoms with Gasteiger partial charge in [-0.2, -0.15) is 0 Å². The van der Waals surface area contributed by atoms with Crippen molar-refractivity contribution in [3.05, 3.63) is 23.2 Å². The van der Waals surface area contributed by atoms with E-state index in [4.69, 9.17) is 4.42 Å². The normalized spacial score (nSPS) is 11.0. The van der Waals surface area contributed by atoms with Gasteiger partial charge >= 0.3 is 5.97 Å². The first-order chi connectivity index (χ1) is 10.6. The summed E-state index contributed by atoms with van der Waals surface area (Å²) >= 11 is 0. The molecule has 0 unspecified atom stereocenters. The number of carbonyl (C=O) groups excluding carboxylic acids is 3. The van der Waals surface area contributed by atoms with Gasteiger partial charge in [-0.1, -0.05) is 20.8 Å². The second-order valence-electron chi connectivity index (χ2n) is 6.36. The lowest BCUT2D eigenvalue weighted by atomic mass is 9.96. The number of aryl methyl sites for hydroxylation is 1. The molecule has 0 aliphatic rings. The molecule has 0 atom stereocenters. The molecule has 0 radical (unpaired) electrons. The van der Waals surface area contributed by atoms with E-state index in [-0.39, 0.29) is 24.9 Å². The Kier molecular flexibility index (Phi) is 5.95. The van der Waals surface area contributed by atoms with Crippen molar-refractivity contribution in [3.63, 3.8) is 0 Å². The van der Waals surface area contributed by atoms with E-state index < -0.39 is 11.4 Å². The van der Waals surface area contributed by atoms with E-state index in [1.165, 1.54) is 12.0 Å². The number of carbonyl (C=O) groups is 3. The summed E-state index contributed by atoms with van der Waals surface area (Å²) in [6, 6.07) is 1.55. The second-order valence-corrected chi connectivity index (χ2v) is 6.36. The molecule has 0 spiro atoms. The number of esters is 1. The lowest BCUT2D eigenvalue weighted by Gasteiger charge is -2.20. The number of likely N-dealkylation sites (N-methyl/N-ethyl adjacent to an activating group) is 1. The quantitative estimate of drug-likeness (QED) is 0.829. The van der Waals surface area contributed by atoms with Crippen LogP contribution in [0.2, 0.25) is 0 Å². The van der Waals surface area contributed by atoms with Crippen LogP contribution in [0.3, 0.4) is 0 Å². The molecule has 128 valence electrons. The number of ether oxygens (including phenoxy) is 1. The van der Waals surface area contributed by atoms with E-state index in [9.17, 15) is 14.4 Å². The Labute approximate surface area is 136 Å². The third-order valence-electron chi connectivity index (χ3n) is 3.27. The van der Waals surface area contributed by atoms with Crippen molar-refractivity contribution in [1.29, 1.82) is 0 Å². The van der Waals surface area contributed by atoms with Crippen LogP contribution in [0.1, 0.15) is 42.6 Å². The zero-order chi connectivity index (χ0) is 17.8. The molecule has 1 aromatic rings. The van der Waals surface area contributed by atoms with Gasteiger partial charge in [-0.25, -0.2) is 4.79 Å². The molecule has 7 nitrogen and oxygen atoms in total. The fraction of sp³-hybridized carbons (Fsp3) is 0.562. The maximum atomic E-state index is 12.0. The Balaban J connectivity index is 2.62. The highest BCUT2D eigenvalue weighted by atomic mass is 16.5. The summed E-state index contributed by atoms with van der Waals surface area (Å²) < 4.78 is 10.1. The van der Waals surface area contributed by atoms with Crippen LogP contribution in [0.4, 0.5) is 0 Å². The molecule has 7 heteroatoms. The number of furan rings is 1. The molecule has 23 heavy (non-hydrogen) atoms. The third kappa shape index (κ3) is 5.12. The van der Waals surface area contributed by atoms with Gasteiger partial charge in [0, 0.05) is 12.5 Å². The fourth-order valence-electron chi connectivity index (χ4n) is 1.81. The Morgan fingerprint density at radius 3 is 2.43 bits per heavy atom. The minimum absolute atomic E-state index is 0.0871. The molecular weight excluding hydrogens is 300 g/mol. The van der Waals surface area contributed by atoms with E-state index in [1.54, 1.807) is 40.8 Å². The highest BCUT2D eigenvalue weighted by Gasteiger charge is 2.22. The molecule has 1 rings (SSSR count). The zero-order valence-corrected chi connectivity index (χ0v) is 14.5. The summed E-state index contributed by atoms with van der Waals surface area (Å²) in [5.41, 5.74) is -0.212. The number of hydrogen-bond acceptors (Lipinski definition) is 5. The summed E-state index contributed by atoms with van der Waals surface area (Å²) in [4.78, 5) is 36.7. The largest absolute Gasteiger partial charge is 0.465 e. The highest BCUT2D eigenvalue weighted by molar-refractivity contribution is 5.90. The molecule has 0 aliphatic carbocycles. The van der Waals surface area contributed by atoms with E-state index >= 15 is 0 Å². The summed E-state index contributed by atoms with van der Waals surface area (Å²) in [6.45, 7) is 7.09. The maximum Gasteiger partial charge on any atom is 0.341 e. The van der Waals surface area contributed by atoms with Crippen molar-refractivity contribution >= 4 is 17.8 Å². The SMILES string of the molecule is COC(=O)c1cc(CN(C)C(=O)CNC(=O)C(C)(C)C)oc1C.